The van der Waals surface area contributed by atoms with Crippen molar-refractivity contribution in [2.45, 2.75) is 52.4 Å². The Balaban J connectivity index is 1.82. The van der Waals surface area contributed by atoms with Crippen LogP contribution in [0.4, 0.5) is 0 Å². The zero-order valence-corrected chi connectivity index (χ0v) is 11.6. The quantitative estimate of drug-likeness (QED) is 0.579. The third-order valence-corrected chi connectivity index (χ3v) is 5.31. The molecule has 0 saturated heterocycles. The van der Waals surface area contributed by atoms with Crippen molar-refractivity contribution in [3.63, 3.8) is 0 Å². The topological polar surface area (TPSA) is 52.6 Å². The van der Waals surface area contributed by atoms with E-state index in [4.69, 9.17) is 9.47 Å². The summed E-state index contributed by atoms with van der Waals surface area (Å²) in [5.41, 5.74) is 0.500. The molecule has 0 N–H and O–H groups in total. The highest BCUT2D eigenvalue weighted by Gasteiger charge is 2.61. The summed E-state index contributed by atoms with van der Waals surface area (Å²) in [5.74, 6) is 0.168. The first-order valence-electron chi connectivity index (χ1n) is 6.90. The molecule has 2 bridgehead atoms. The maximum Gasteiger partial charge on any atom is 0.333 e. The maximum atomic E-state index is 11.3. The molecule has 1 heterocycles. The van der Waals surface area contributed by atoms with E-state index in [-0.39, 0.29) is 16.9 Å². The van der Waals surface area contributed by atoms with E-state index in [0.29, 0.717) is 17.8 Å². The summed E-state index contributed by atoms with van der Waals surface area (Å²) in [6, 6.07) is 0. The van der Waals surface area contributed by atoms with Gasteiger partial charge in [0.2, 0.25) is 6.29 Å². The van der Waals surface area contributed by atoms with Gasteiger partial charge in [0.25, 0.3) is 0 Å². The van der Waals surface area contributed by atoms with Crippen LogP contribution in [-0.4, -0.2) is 24.6 Å². The molecule has 1 aliphatic heterocycles. The van der Waals surface area contributed by atoms with Gasteiger partial charge in [0, 0.05) is 6.08 Å². The van der Waals surface area contributed by atoms with Crippen LogP contribution in [0.3, 0.4) is 0 Å². The predicted octanol–water partition coefficient (Wildman–Crippen LogP) is 2.23. The van der Waals surface area contributed by atoms with Crippen LogP contribution in [0.2, 0.25) is 0 Å². The highest BCUT2D eigenvalue weighted by Crippen LogP contribution is 2.63. The molecule has 2 aliphatic carbocycles. The van der Waals surface area contributed by atoms with E-state index in [2.05, 4.69) is 20.8 Å². The summed E-state index contributed by atoms with van der Waals surface area (Å²) < 4.78 is 11.1. The Morgan fingerprint density at radius 1 is 1.42 bits per heavy atom. The second kappa shape index (κ2) is 3.92. The largest absolute Gasteiger partial charge is 0.428 e. The maximum absolute atomic E-state index is 11.3. The van der Waals surface area contributed by atoms with Crippen LogP contribution < -0.4 is 0 Å². The van der Waals surface area contributed by atoms with Crippen molar-refractivity contribution in [1.29, 1.82) is 0 Å². The average Bonchev–Trinajstić information content (AvgIpc) is 2.93. The first kappa shape index (κ1) is 12.9. The lowest BCUT2D eigenvalue weighted by Crippen LogP contribution is -2.45. The Kier molecular flexibility index (Phi) is 2.65. The second-order valence-corrected chi connectivity index (χ2v) is 6.96. The van der Waals surface area contributed by atoms with Crippen molar-refractivity contribution in [2.75, 3.05) is 0 Å². The van der Waals surface area contributed by atoms with Crippen molar-refractivity contribution >= 4 is 12.3 Å². The number of esters is 1. The van der Waals surface area contributed by atoms with E-state index >= 15 is 0 Å². The smallest absolute Gasteiger partial charge is 0.333 e. The molecule has 0 spiro atoms. The number of aldehydes is 1. The molecule has 0 aromatic heterocycles. The average molecular weight is 264 g/mol. The summed E-state index contributed by atoms with van der Waals surface area (Å²) >= 11 is 0. The number of rotatable bonds is 3. The summed E-state index contributed by atoms with van der Waals surface area (Å²) in [5, 5.41) is 0. The molecule has 0 radical (unpaired) electrons. The van der Waals surface area contributed by atoms with E-state index in [9.17, 15) is 9.59 Å². The fraction of sp³-hybridized carbons (Fsp3) is 0.733. The Morgan fingerprint density at radius 2 is 2.16 bits per heavy atom. The van der Waals surface area contributed by atoms with Crippen LogP contribution in [0.5, 0.6) is 0 Å². The molecular weight excluding hydrogens is 244 g/mol. The molecule has 4 heteroatoms. The third kappa shape index (κ3) is 1.76. The number of carbonyl (C=O) groups is 2. The van der Waals surface area contributed by atoms with Crippen molar-refractivity contribution in [1.82, 2.24) is 0 Å². The Bertz CT molecular complexity index is 460. The molecule has 3 aliphatic rings. The van der Waals surface area contributed by atoms with E-state index in [1.54, 1.807) is 0 Å². The molecule has 2 saturated carbocycles. The molecule has 2 fully saturated rings. The minimum atomic E-state index is -0.814. The van der Waals surface area contributed by atoms with Crippen LogP contribution in [-0.2, 0) is 19.1 Å². The van der Waals surface area contributed by atoms with Crippen LogP contribution in [0.15, 0.2) is 11.6 Å². The summed E-state index contributed by atoms with van der Waals surface area (Å²) in [7, 11) is 0. The Hall–Kier alpha value is -1.16. The van der Waals surface area contributed by atoms with Crippen LogP contribution >= 0.6 is 0 Å². The molecule has 0 amide bonds. The van der Waals surface area contributed by atoms with E-state index in [1.165, 1.54) is 12.5 Å². The SMILES string of the molecule is CC1(C)[C@@H]2CC[C@@](C)(C2)[C@H]1OC1OC(=O)C=C1C=O. The van der Waals surface area contributed by atoms with Gasteiger partial charge in [-0.2, -0.15) is 0 Å². The fourth-order valence-corrected chi connectivity index (χ4v) is 4.33. The Labute approximate surface area is 113 Å². The van der Waals surface area contributed by atoms with Crippen molar-refractivity contribution < 1.29 is 19.1 Å². The summed E-state index contributed by atoms with van der Waals surface area (Å²) in [6.07, 6.45) is 4.63. The van der Waals surface area contributed by atoms with Gasteiger partial charge >= 0.3 is 5.97 Å². The molecule has 1 unspecified atom stereocenters. The van der Waals surface area contributed by atoms with Gasteiger partial charge in [0.15, 0.2) is 6.29 Å². The lowest BCUT2D eigenvalue weighted by molar-refractivity contribution is -0.197. The fourth-order valence-electron chi connectivity index (χ4n) is 4.33. The van der Waals surface area contributed by atoms with E-state index < -0.39 is 12.3 Å². The normalized spacial score (nSPS) is 43.2. The number of hydrogen-bond acceptors (Lipinski definition) is 4. The molecular formula is C15H20O4. The number of fused-ring (bicyclic) bond motifs is 2. The number of carbonyl (C=O) groups excluding carboxylic acids is 2. The van der Waals surface area contributed by atoms with Gasteiger partial charge in [-0.15, -0.1) is 0 Å². The lowest BCUT2D eigenvalue weighted by Gasteiger charge is -2.43. The van der Waals surface area contributed by atoms with Gasteiger partial charge < -0.3 is 9.47 Å². The highest BCUT2D eigenvalue weighted by molar-refractivity contribution is 5.93. The first-order valence-corrected chi connectivity index (χ1v) is 6.90. The Morgan fingerprint density at radius 3 is 2.74 bits per heavy atom. The van der Waals surface area contributed by atoms with Gasteiger partial charge in [0.1, 0.15) is 0 Å². The predicted molar refractivity (Wildman–Crippen MR) is 68.1 cm³/mol. The zero-order chi connectivity index (χ0) is 13.8. The molecule has 4 nitrogen and oxygen atoms in total. The number of hydrogen-bond donors (Lipinski definition) is 0. The van der Waals surface area contributed by atoms with Crippen LogP contribution in [0.1, 0.15) is 40.0 Å². The molecule has 19 heavy (non-hydrogen) atoms. The third-order valence-electron chi connectivity index (χ3n) is 5.31. The molecule has 0 aromatic rings. The zero-order valence-electron chi connectivity index (χ0n) is 11.6. The van der Waals surface area contributed by atoms with Gasteiger partial charge in [-0.05, 0) is 36.0 Å². The van der Waals surface area contributed by atoms with Gasteiger partial charge in [-0.25, -0.2) is 4.79 Å². The standard InChI is InChI=1S/C15H20O4/c1-14(2)10-4-5-15(3,7-10)13(14)19-12-9(8-16)6-11(17)18-12/h6,8,10,12-13H,4-5,7H2,1-3H3/t10-,12?,13+,15+/m1/s1. The van der Waals surface area contributed by atoms with E-state index in [0.717, 1.165) is 12.8 Å². The first-order chi connectivity index (χ1) is 8.87. The van der Waals surface area contributed by atoms with Crippen molar-refractivity contribution in [3.8, 4) is 0 Å². The minimum absolute atomic E-state index is 0.0259. The van der Waals surface area contributed by atoms with Crippen LogP contribution in [0, 0.1) is 16.7 Å². The van der Waals surface area contributed by atoms with Gasteiger partial charge in [0.05, 0.1) is 11.7 Å². The van der Waals surface area contributed by atoms with Crippen molar-refractivity contribution in [3.05, 3.63) is 11.6 Å². The lowest BCUT2D eigenvalue weighted by atomic mass is 9.70. The molecule has 0 aromatic carbocycles. The number of cyclic esters (lactones) is 1. The second-order valence-electron chi connectivity index (χ2n) is 6.96. The number of ether oxygens (including phenoxy) is 2. The summed E-state index contributed by atoms with van der Waals surface area (Å²) in [4.78, 5) is 22.2. The monoisotopic (exact) mass is 264 g/mol. The summed E-state index contributed by atoms with van der Waals surface area (Å²) in [6.45, 7) is 6.68. The van der Waals surface area contributed by atoms with E-state index in [1.807, 2.05) is 0 Å². The van der Waals surface area contributed by atoms with Crippen LogP contribution in [0.25, 0.3) is 0 Å². The van der Waals surface area contributed by atoms with Gasteiger partial charge in [-0.1, -0.05) is 20.8 Å². The minimum Gasteiger partial charge on any atom is -0.428 e. The molecule has 3 rings (SSSR count). The van der Waals surface area contributed by atoms with Crippen molar-refractivity contribution in [2.24, 2.45) is 16.7 Å². The highest BCUT2D eigenvalue weighted by atomic mass is 16.7. The molecule has 4 atom stereocenters. The van der Waals surface area contributed by atoms with Gasteiger partial charge in [-0.3, -0.25) is 4.79 Å². The molecule has 104 valence electrons.